The van der Waals surface area contributed by atoms with Gasteiger partial charge < -0.3 is 0 Å². The normalized spacial score (nSPS) is 22.9. The number of hydroxylamine groups is 1. The third kappa shape index (κ3) is 3.04. The summed E-state index contributed by atoms with van der Waals surface area (Å²) >= 11 is 0. The molecule has 0 spiro atoms. The number of imide groups is 1. The van der Waals surface area contributed by atoms with Crippen LogP contribution in [0.5, 0.6) is 0 Å². The Morgan fingerprint density at radius 1 is 0.774 bits per heavy atom. The topological polar surface area (TPSA) is 49.9 Å². The molecular weight excluding hydrogens is 388 g/mol. The minimum Gasteiger partial charge on any atom is -0.273 e. The molecule has 2 aliphatic rings. The average Bonchev–Trinajstić information content (AvgIpc) is 3.26. The molecule has 5 nitrogen and oxygen atoms in total. The van der Waals surface area contributed by atoms with Crippen molar-refractivity contribution >= 4 is 23.2 Å². The molecule has 0 bridgehead atoms. The third-order valence-corrected chi connectivity index (χ3v) is 6.13. The van der Waals surface area contributed by atoms with Crippen LogP contribution >= 0.6 is 0 Å². The van der Waals surface area contributed by atoms with Crippen LogP contribution in [0.4, 0.5) is 11.4 Å². The lowest BCUT2D eigenvalue weighted by atomic mass is 9.90. The van der Waals surface area contributed by atoms with Gasteiger partial charge in [0, 0.05) is 0 Å². The van der Waals surface area contributed by atoms with Crippen molar-refractivity contribution in [3.63, 3.8) is 0 Å². The van der Waals surface area contributed by atoms with E-state index in [2.05, 4.69) is 0 Å². The summed E-state index contributed by atoms with van der Waals surface area (Å²) in [5.74, 6) is -1.13. The van der Waals surface area contributed by atoms with Gasteiger partial charge >= 0.3 is 0 Å². The largest absolute Gasteiger partial charge is 0.273 e. The van der Waals surface area contributed by atoms with E-state index in [9.17, 15) is 9.59 Å². The van der Waals surface area contributed by atoms with Crippen molar-refractivity contribution in [3.8, 4) is 0 Å². The molecule has 3 atom stereocenters. The lowest BCUT2D eigenvalue weighted by Crippen LogP contribution is -2.38. The number of rotatable bonds is 3. The molecule has 156 valence electrons. The Balaban J connectivity index is 1.61. The molecule has 0 unspecified atom stereocenters. The van der Waals surface area contributed by atoms with E-state index in [0.29, 0.717) is 5.69 Å². The van der Waals surface area contributed by atoms with E-state index >= 15 is 0 Å². The molecule has 2 amide bonds. The highest BCUT2D eigenvalue weighted by molar-refractivity contribution is 6.24. The van der Waals surface area contributed by atoms with Gasteiger partial charge in [-0.2, -0.15) is 0 Å². The molecule has 31 heavy (non-hydrogen) atoms. The van der Waals surface area contributed by atoms with Gasteiger partial charge in [-0.1, -0.05) is 66.2 Å². The second kappa shape index (κ2) is 7.36. The van der Waals surface area contributed by atoms with Crippen LogP contribution in [0.25, 0.3) is 0 Å². The molecule has 2 saturated heterocycles. The zero-order chi connectivity index (χ0) is 21.7. The fraction of sp³-hybridized carbons (Fsp3) is 0.231. The standard InChI is InChI=1S/C26H24N2O3/c1-16-14-17(2)22(18(3)15-16)27-25(29)21-23(19-10-6-4-7-11-19)28(31-24(21)26(27)30)20-12-8-5-9-13-20/h4-15,21,23-24H,1-3H3/t21-,23-,24-/m0/s1. The van der Waals surface area contributed by atoms with E-state index in [1.54, 1.807) is 5.06 Å². The summed E-state index contributed by atoms with van der Waals surface area (Å²) in [6.07, 6.45) is -0.849. The highest BCUT2D eigenvalue weighted by atomic mass is 16.7. The van der Waals surface area contributed by atoms with E-state index in [4.69, 9.17) is 4.84 Å². The summed E-state index contributed by atoms with van der Waals surface area (Å²) in [6, 6.07) is 23.0. The highest BCUT2D eigenvalue weighted by Gasteiger charge is 2.60. The summed E-state index contributed by atoms with van der Waals surface area (Å²) in [4.78, 5) is 34.8. The van der Waals surface area contributed by atoms with Crippen LogP contribution in [0.2, 0.25) is 0 Å². The van der Waals surface area contributed by atoms with E-state index in [1.807, 2.05) is 93.6 Å². The zero-order valence-electron chi connectivity index (χ0n) is 17.8. The number of fused-ring (bicyclic) bond motifs is 1. The fourth-order valence-corrected chi connectivity index (χ4v) is 4.95. The van der Waals surface area contributed by atoms with Crippen LogP contribution in [0.15, 0.2) is 72.8 Å². The molecule has 3 aromatic carbocycles. The summed E-state index contributed by atoms with van der Waals surface area (Å²) in [5, 5.41) is 1.73. The average molecular weight is 412 g/mol. The van der Waals surface area contributed by atoms with Gasteiger partial charge in [-0.05, 0) is 49.6 Å². The minimum absolute atomic E-state index is 0.211. The first-order valence-electron chi connectivity index (χ1n) is 10.5. The molecule has 2 aliphatic heterocycles. The van der Waals surface area contributed by atoms with E-state index in [0.717, 1.165) is 27.9 Å². The molecule has 0 aliphatic carbocycles. The van der Waals surface area contributed by atoms with Crippen LogP contribution in [-0.4, -0.2) is 17.9 Å². The third-order valence-electron chi connectivity index (χ3n) is 6.13. The molecule has 2 fully saturated rings. The zero-order valence-corrected chi connectivity index (χ0v) is 17.8. The van der Waals surface area contributed by atoms with Crippen LogP contribution < -0.4 is 9.96 Å². The summed E-state index contributed by atoms with van der Waals surface area (Å²) in [5.41, 5.74) is 5.37. The van der Waals surface area contributed by atoms with Crippen molar-refractivity contribution in [1.82, 2.24) is 0 Å². The number of nitrogens with zero attached hydrogens (tertiary/aromatic N) is 2. The molecule has 3 aromatic rings. The number of hydrogen-bond acceptors (Lipinski definition) is 4. The number of para-hydroxylation sites is 1. The van der Waals surface area contributed by atoms with Gasteiger partial charge in [0.25, 0.3) is 5.91 Å². The molecule has 0 N–H and O–H groups in total. The van der Waals surface area contributed by atoms with Crippen molar-refractivity contribution in [2.24, 2.45) is 5.92 Å². The Labute approximate surface area is 181 Å². The molecule has 2 heterocycles. The summed E-state index contributed by atoms with van der Waals surface area (Å²) < 4.78 is 0. The number of carbonyl (C=O) groups excluding carboxylic acids is 2. The van der Waals surface area contributed by atoms with Crippen LogP contribution in [0.3, 0.4) is 0 Å². The first kappa shape index (κ1) is 19.5. The smallest absolute Gasteiger partial charge is 0.266 e. The van der Waals surface area contributed by atoms with E-state index in [-0.39, 0.29) is 17.9 Å². The van der Waals surface area contributed by atoms with Gasteiger partial charge in [-0.3, -0.25) is 14.4 Å². The second-order valence-electron chi connectivity index (χ2n) is 8.33. The lowest BCUT2D eigenvalue weighted by molar-refractivity contribution is -0.126. The SMILES string of the molecule is Cc1cc(C)c(N2C(=O)[C@@H]3[C@H](ON(c4ccccc4)[C@H]3c3ccccc3)C2=O)c(C)c1. The Kier molecular flexibility index (Phi) is 4.63. The van der Waals surface area contributed by atoms with Gasteiger partial charge in [0.05, 0.1) is 17.4 Å². The van der Waals surface area contributed by atoms with Crippen molar-refractivity contribution in [1.29, 1.82) is 0 Å². The number of anilines is 2. The molecule has 0 aromatic heterocycles. The first-order valence-corrected chi connectivity index (χ1v) is 10.5. The minimum atomic E-state index is -0.849. The van der Waals surface area contributed by atoms with Gasteiger partial charge in [-0.25, -0.2) is 9.96 Å². The van der Waals surface area contributed by atoms with Gasteiger partial charge in [-0.15, -0.1) is 0 Å². The van der Waals surface area contributed by atoms with Gasteiger partial charge in [0.15, 0.2) is 6.10 Å². The molecule has 0 radical (unpaired) electrons. The predicted molar refractivity (Wildman–Crippen MR) is 120 cm³/mol. The number of aryl methyl sites for hydroxylation is 3. The van der Waals surface area contributed by atoms with Gasteiger partial charge in [0.1, 0.15) is 5.92 Å². The number of amides is 2. The highest BCUT2D eigenvalue weighted by Crippen LogP contribution is 2.48. The van der Waals surface area contributed by atoms with Gasteiger partial charge in [0.2, 0.25) is 5.91 Å². The van der Waals surface area contributed by atoms with Crippen molar-refractivity contribution in [2.45, 2.75) is 32.9 Å². The number of benzene rings is 3. The quantitative estimate of drug-likeness (QED) is 0.587. The predicted octanol–water partition coefficient (Wildman–Crippen LogP) is 4.66. The number of hydrogen-bond donors (Lipinski definition) is 0. The second-order valence-corrected chi connectivity index (χ2v) is 8.33. The van der Waals surface area contributed by atoms with Crippen molar-refractivity contribution in [3.05, 3.63) is 95.1 Å². The summed E-state index contributed by atoms with van der Waals surface area (Å²) in [6.45, 7) is 5.89. The number of carbonyl (C=O) groups is 2. The lowest BCUT2D eigenvalue weighted by Gasteiger charge is -2.29. The Morgan fingerprint density at radius 3 is 1.97 bits per heavy atom. The molecule has 0 saturated carbocycles. The Hall–Kier alpha value is -3.44. The molecule has 5 heteroatoms. The fourth-order valence-electron chi connectivity index (χ4n) is 4.95. The maximum atomic E-state index is 13.7. The van der Waals surface area contributed by atoms with Crippen LogP contribution in [0.1, 0.15) is 28.3 Å². The maximum Gasteiger partial charge on any atom is 0.266 e. The Bertz CT molecular complexity index is 1140. The van der Waals surface area contributed by atoms with Crippen molar-refractivity contribution in [2.75, 3.05) is 9.96 Å². The molecule has 5 rings (SSSR count). The molecular formula is C26H24N2O3. The Morgan fingerprint density at radius 2 is 1.35 bits per heavy atom. The van der Waals surface area contributed by atoms with E-state index < -0.39 is 12.0 Å². The van der Waals surface area contributed by atoms with Crippen LogP contribution in [-0.2, 0) is 14.4 Å². The first-order chi connectivity index (χ1) is 15.0. The van der Waals surface area contributed by atoms with Crippen LogP contribution in [0, 0.1) is 26.7 Å². The monoisotopic (exact) mass is 412 g/mol. The van der Waals surface area contributed by atoms with E-state index in [1.165, 1.54) is 4.90 Å². The maximum absolute atomic E-state index is 13.7. The van der Waals surface area contributed by atoms with Crippen molar-refractivity contribution < 1.29 is 14.4 Å². The summed E-state index contributed by atoms with van der Waals surface area (Å²) in [7, 11) is 0.